The van der Waals surface area contributed by atoms with E-state index in [1.807, 2.05) is 19.9 Å². The van der Waals surface area contributed by atoms with Crippen molar-refractivity contribution in [2.75, 3.05) is 6.61 Å². The molecule has 0 heterocycles. The average molecular weight is 248 g/mol. The van der Waals surface area contributed by atoms with E-state index in [4.69, 9.17) is 4.74 Å². The molecular formula is C15H20O3. The predicted octanol–water partition coefficient (Wildman–Crippen LogP) is 3.24. The van der Waals surface area contributed by atoms with Gasteiger partial charge in [-0.2, -0.15) is 0 Å². The summed E-state index contributed by atoms with van der Waals surface area (Å²) in [6.07, 6.45) is 2.09. The summed E-state index contributed by atoms with van der Waals surface area (Å²) in [4.78, 5) is 24.1. The summed E-state index contributed by atoms with van der Waals surface area (Å²) in [5, 5.41) is 0. The number of ether oxygens (including phenoxy) is 1. The monoisotopic (exact) mass is 248 g/mol. The second kappa shape index (κ2) is 7.64. The fourth-order valence-corrected chi connectivity index (χ4v) is 1.75. The molecule has 0 spiro atoms. The molecule has 0 radical (unpaired) electrons. The minimum atomic E-state index is -0.663. The standard InChI is InChI=1S/C15H20O3/c1-3-8-13(15(17)18-11-4-2)14(16)12-9-6-5-7-10-12/h5-7,9-10,13H,3-4,8,11H2,1-2H3. The van der Waals surface area contributed by atoms with Crippen LogP contribution in [0.1, 0.15) is 43.5 Å². The number of carbonyl (C=O) groups excluding carboxylic acids is 2. The molecule has 1 rings (SSSR count). The lowest BCUT2D eigenvalue weighted by atomic mass is 9.93. The van der Waals surface area contributed by atoms with Gasteiger partial charge in [-0.15, -0.1) is 0 Å². The Kier molecular flexibility index (Phi) is 6.12. The first kappa shape index (κ1) is 14.4. The summed E-state index contributed by atoms with van der Waals surface area (Å²) >= 11 is 0. The van der Waals surface area contributed by atoms with Gasteiger partial charge in [0, 0.05) is 5.56 Å². The van der Waals surface area contributed by atoms with Crippen LogP contribution in [0.4, 0.5) is 0 Å². The van der Waals surface area contributed by atoms with Crippen molar-refractivity contribution in [3.63, 3.8) is 0 Å². The van der Waals surface area contributed by atoms with Crippen molar-refractivity contribution in [3.05, 3.63) is 35.9 Å². The highest BCUT2D eigenvalue weighted by molar-refractivity contribution is 6.08. The number of benzene rings is 1. The van der Waals surface area contributed by atoms with E-state index >= 15 is 0 Å². The average Bonchev–Trinajstić information content (AvgIpc) is 2.42. The van der Waals surface area contributed by atoms with E-state index in [1.165, 1.54) is 0 Å². The van der Waals surface area contributed by atoms with Gasteiger partial charge in [-0.25, -0.2) is 0 Å². The van der Waals surface area contributed by atoms with Gasteiger partial charge in [0.15, 0.2) is 5.78 Å². The number of Topliss-reactive ketones (excluding diaryl/α,β-unsaturated/α-hetero) is 1. The van der Waals surface area contributed by atoms with Crippen LogP contribution in [0.5, 0.6) is 0 Å². The molecule has 0 N–H and O–H groups in total. The zero-order valence-electron chi connectivity index (χ0n) is 11.0. The lowest BCUT2D eigenvalue weighted by Crippen LogP contribution is -2.26. The van der Waals surface area contributed by atoms with E-state index < -0.39 is 11.9 Å². The van der Waals surface area contributed by atoms with Gasteiger partial charge in [-0.05, 0) is 12.8 Å². The molecule has 0 aliphatic carbocycles. The number of hydrogen-bond donors (Lipinski definition) is 0. The maximum Gasteiger partial charge on any atom is 0.316 e. The van der Waals surface area contributed by atoms with Crippen LogP contribution in [0.15, 0.2) is 30.3 Å². The number of esters is 1. The summed E-state index contributed by atoms with van der Waals surface area (Å²) in [7, 11) is 0. The van der Waals surface area contributed by atoms with E-state index in [9.17, 15) is 9.59 Å². The second-order valence-electron chi connectivity index (χ2n) is 4.24. The van der Waals surface area contributed by atoms with Crippen LogP contribution in [-0.2, 0) is 9.53 Å². The maximum absolute atomic E-state index is 12.2. The molecule has 1 unspecified atom stereocenters. The van der Waals surface area contributed by atoms with Gasteiger partial charge in [0.25, 0.3) is 0 Å². The molecule has 0 amide bonds. The summed E-state index contributed by atoms with van der Waals surface area (Å²) in [6.45, 7) is 4.26. The first-order chi connectivity index (χ1) is 8.70. The van der Waals surface area contributed by atoms with Gasteiger partial charge >= 0.3 is 5.97 Å². The van der Waals surface area contributed by atoms with E-state index in [0.717, 1.165) is 12.8 Å². The van der Waals surface area contributed by atoms with Gasteiger partial charge in [0.1, 0.15) is 5.92 Å². The summed E-state index contributed by atoms with van der Waals surface area (Å²) in [6, 6.07) is 8.92. The molecule has 1 aromatic rings. The second-order valence-corrected chi connectivity index (χ2v) is 4.24. The van der Waals surface area contributed by atoms with E-state index in [-0.39, 0.29) is 5.78 Å². The van der Waals surface area contributed by atoms with E-state index in [2.05, 4.69) is 0 Å². The van der Waals surface area contributed by atoms with Crippen molar-refractivity contribution >= 4 is 11.8 Å². The van der Waals surface area contributed by atoms with Gasteiger partial charge in [0.2, 0.25) is 0 Å². The number of carbonyl (C=O) groups is 2. The van der Waals surface area contributed by atoms with E-state index in [0.29, 0.717) is 18.6 Å². The topological polar surface area (TPSA) is 43.4 Å². The first-order valence-electron chi connectivity index (χ1n) is 6.46. The molecule has 0 aliphatic heterocycles. The molecule has 0 bridgehead atoms. The Bertz CT molecular complexity index is 384. The highest BCUT2D eigenvalue weighted by Gasteiger charge is 2.27. The van der Waals surface area contributed by atoms with Crippen LogP contribution in [0.25, 0.3) is 0 Å². The van der Waals surface area contributed by atoms with Crippen molar-refractivity contribution in [1.82, 2.24) is 0 Å². The van der Waals surface area contributed by atoms with Crippen molar-refractivity contribution in [2.45, 2.75) is 33.1 Å². The van der Waals surface area contributed by atoms with Crippen LogP contribution >= 0.6 is 0 Å². The van der Waals surface area contributed by atoms with Crippen LogP contribution in [0, 0.1) is 5.92 Å². The smallest absolute Gasteiger partial charge is 0.316 e. The summed E-state index contributed by atoms with van der Waals surface area (Å²) in [5.41, 5.74) is 0.574. The third kappa shape index (κ3) is 3.99. The molecular weight excluding hydrogens is 228 g/mol. The number of rotatable bonds is 7. The zero-order valence-corrected chi connectivity index (χ0v) is 11.0. The third-order valence-corrected chi connectivity index (χ3v) is 2.69. The Hall–Kier alpha value is -1.64. The molecule has 3 heteroatoms. The minimum Gasteiger partial charge on any atom is -0.465 e. The maximum atomic E-state index is 12.2. The normalized spacial score (nSPS) is 11.9. The van der Waals surface area contributed by atoms with E-state index in [1.54, 1.807) is 24.3 Å². The Morgan fingerprint density at radius 2 is 1.78 bits per heavy atom. The van der Waals surface area contributed by atoms with Crippen LogP contribution in [0.3, 0.4) is 0 Å². The summed E-state index contributed by atoms with van der Waals surface area (Å²) < 4.78 is 5.09. The van der Waals surface area contributed by atoms with Crippen molar-refractivity contribution in [1.29, 1.82) is 0 Å². The quantitative estimate of drug-likeness (QED) is 0.422. The predicted molar refractivity (Wildman–Crippen MR) is 70.4 cm³/mol. The lowest BCUT2D eigenvalue weighted by molar-refractivity contribution is -0.146. The lowest BCUT2D eigenvalue weighted by Gasteiger charge is -2.14. The van der Waals surface area contributed by atoms with Crippen molar-refractivity contribution < 1.29 is 14.3 Å². The zero-order chi connectivity index (χ0) is 13.4. The Morgan fingerprint density at radius 3 is 2.33 bits per heavy atom. The molecule has 1 aromatic carbocycles. The number of ketones is 1. The highest BCUT2D eigenvalue weighted by Crippen LogP contribution is 2.16. The van der Waals surface area contributed by atoms with Crippen molar-refractivity contribution in [2.24, 2.45) is 5.92 Å². The number of hydrogen-bond acceptors (Lipinski definition) is 3. The highest BCUT2D eigenvalue weighted by atomic mass is 16.5. The molecule has 0 fully saturated rings. The molecule has 0 saturated heterocycles. The third-order valence-electron chi connectivity index (χ3n) is 2.69. The van der Waals surface area contributed by atoms with Crippen LogP contribution < -0.4 is 0 Å². The Morgan fingerprint density at radius 1 is 1.11 bits per heavy atom. The Balaban J connectivity index is 2.78. The van der Waals surface area contributed by atoms with Crippen LogP contribution in [0.2, 0.25) is 0 Å². The molecule has 18 heavy (non-hydrogen) atoms. The Labute approximate surface area is 108 Å². The molecule has 0 aromatic heterocycles. The fourth-order valence-electron chi connectivity index (χ4n) is 1.75. The van der Waals surface area contributed by atoms with Gasteiger partial charge in [-0.3, -0.25) is 9.59 Å². The van der Waals surface area contributed by atoms with Crippen molar-refractivity contribution in [3.8, 4) is 0 Å². The van der Waals surface area contributed by atoms with Gasteiger partial charge in [-0.1, -0.05) is 50.6 Å². The van der Waals surface area contributed by atoms with Gasteiger partial charge < -0.3 is 4.74 Å². The SMILES string of the molecule is CCCOC(=O)C(CCC)C(=O)c1ccccc1. The fraction of sp³-hybridized carbons (Fsp3) is 0.467. The molecule has 0 saturated carbocycles. The van der Waals surface area contributed by atoms with Gasteiger partial charge in [0.05, 0.1) is 6.61 Å². The first-order valence-corrected chi connectivity index (χ1v) is 6.46. The minimum absolute atomic E-state index is 0.140. The molecule has 3 nitrogen and oxygen atoms in total. The molecule has 98 valence electrons. The van der Waals surface area contributed by atoms with Crippen LogP contribution in [-0.4, -0.2) is 18.4 Å². The summed E-state index contributed by atoms with van der Waals surface area (Å²) in [5.74, 6) is -1.20. The largest absolute Gasteiger partial charge is 0.465 e. The molecule has 0 aliphatic rings. The molecule has 1 atom stereocenters.